The van der Waals surface area contributed by atoms with Gasteiger partial charge in [0, 0.05) is 29.9 Å². The molecule has 1 aliphatic rings. The second kappa shape index (κ2) is 5.57. The lowest BCUT2D eigenvalue weighted by atomic mass is 9.97. The average Bonchev–Trinajstić information content (AvgIpc) is 2.91. The number of carbonyl (C=O) groups excluding carboxylic acids is 1. The highest BCUT2D eigenvalue weighted by Gasteiger charge is 2.27. The van der Waals surface area contributed by atoms with E-state index in [0.29, 0.717) is 13.1 Å². The molecule has 2 aromatic heterocycles. The van der Waals surface area contributed by atoms with Crippen LogP contribution in [-0.4, -0.2) is 34.1 Å². The Kier molecular flexibility index (Phi) is 3.74. The molecule has 0 aliphatic carbocycles. The smallest absolute Gasteiger partial charge is 0.330 e. The zero-order chi connectivity index (χ0) is 15.7. The molecular weight excluding hydrogens is 278 g/mol. The maximum atomic E-state index is 11.9. The summed E-state index contributed by atoms with van der Waals surface area (Å²) in [6, 6.07) is 2.02. The van der Waals surface area contributed by atoms with E-state index < -0.39 is 5.41 Å². The van der Waals surface area contributed by atoms with E-state index >= 15 is 0 Å². The van der Waals surface area contributed by atoms with Crippen LogP contribution < -0.4 is 0 Å². The number of H-pyrrole nitrogens is 1. The molecule has 116 valence electrons. The number of fused-ring (bicyclic) bond motifs is 1. The largest absolute Gasteiger partial charge is 0.367 e. The number of hydrogen-bond acceptors (Lipinski definition) is 4. The monoisotopic (exact) mass is 299 g/mol. The van der Waals surface area contributed by atoms with E-state index in [1.54, 1.807) is 11.3 Å². The highest BCUT2D eigenvalue weighted by molar-refractivity contribution is 5.92. The predicted molar refractivity (Wildman–Crippen MR) is 85.8 cm³/mol. The van der Waals surface area contributed by atoms with Crippen molar-refractivity contribution in [1.29, 1.82) is 0 Å². The lowest BCUT2D eigenvalue weighted by Crippen LogP contribution is -2.35. The zero-order valence-electron chi connectivity index (χ0n) is 13.2. The summed E-state index contributed by atoms with van der Waals surface area (Å²) in [5.41, 5.74) is 3.05. The Morgan fingerprint density at radius 2 is 2.23 bits per heavy atom. The van der Waals surface area contributed by atoms with E-state index in [0.717, 1.165) is 11.9 Å². The average molecular weight is 299 g/mol. The Hall–Kier alpha value is -2.14. The summed E-state index contributed by atoms with van der Waals surface area (Å²) in [7, 11) is 0. The number of rotatable bonds is 2. The van der Waals surface area contributed by atoms with Crippen LogP contribution in [0.25, 0.3) is 16.5 Å². The molecule has 0 spiro atoms. The summed E-state index contributed by atoms with van der Waals surface area (Å²) in [6.45, 7) is 6.92. The van der Waals surface area contributed by atoms with Crippen LogP contribution in [0.2, 0.25) is 0 Å². The molecule has 0 fully saturated rings. The van der Waals surface area contributed by atoms with Crippen molar-refractivity contribution in [2.75, 3.05) is 13.1 Å². The summed E-state index contributed by atoms with van der Waals surface area (Å²) in [5.74, 6) is -0.192. The Morgan fingerprint density at radius 3 is 2.91 bits per heavy atom. The fraction of sp³-hybridized carbons (Fsp3) is 0.412. The first-order chi connectivity index (χ1) is 10.4. The van der Waals surface area contributed by atoms with Gasteiger partial charge < -0.3 is 9.82 Å². The molecule has 5 nitrogen and oxygen atoms in total. The van der Waals surface area contributed by atoms with Crippen molar-refractivity contribution >= 4 is 22.4 Å². The number of pyridine rings is 1. The third-order valence-corrected chi connectivity index (χ3v) is 3.83. The molecule has 0 bridgehead atoms. The minimum Gasteiger partial charge on any atom is -0.367 e. The van der Waals surface area contributed by atoms with Gasteiger partial charge in [0.05, 0.1) is 23.7 Å². The number of carbonyl (C=O) groups is 1. The van der Waals surface area contributed by atoms with Crippen molar-refractivity contribution in [3.63, 3.8) is 0 Å². The van der Waals surface area contributed by atoms with Crippen molar-refractivity contribution < 1.29 is 9.63 Å². The highest BCUT2D eigenvalue weighted by Crippen LogP contribution is 2.29. The second-order valence-corrected chi connectivity index (χ2v) is 6.62. The lowest BCUT2D eigenvalue weighted by molar-refractivity contribution is -0.198. The first-order valence-electron chi connectivity index (χ1n) is 7.53. The lowest BCUT2D eigenvalue weighted by Gasteiger charge is -2.27. The van der Waals surface area contributed by atoms with Gasteiger partial charge in [-0.3, -0.25) is 4.98 Å². The minimum atomic E-state index is -0.478. The molecule has 0 aromatic carbocycles. The van der Waals surface area contributed by atoms with Crippen LogP contribution in [-0.2, 0) is 9.63 Å². The van der Waals surface area contributed by atoms with Crippen molar-refractivity contribution in [2.45, 2.75) is 27.2 Å². The molecule has 0 radical (unpaired) electrons. The van der Waals surface area contributed by atoms with Crippen molar-refractivity contribution in [1.82, 2.24) is 15.0 Å². The number of aromatic nitrogens is 2. The molecule has 22 heavy (non-hydrogen) atoms. The van der Waals surface area contributed by atoms with Gasteiger partial charge in [-0.1, -0.05) is 6.08 Å². The molecule has 5 heteroatoms. The van der Waals surface area contributed by atoms with Gasteiger partial charge in [0.2, 0.25) is 0 Å². The standard InChI is InChI=1S/C17H21N3O2/c1-17(2,3)16(21)22-20-8-5-12(6-9-20)14-10-19-15-11-18-7-4-13(14)15/h4-5,7,10-11,19H,6,8-9H2,1-3H3. The van der Waals surface area contributed by atoms with Crippen LogP contribution >= 0.6 is 0 Å². The van der Waals surface area contributed by atoms with Crippen LogP contribution in [0.15, 0.2) is 30.7 Å². The number of nitrogens with one attached hydrogen (secondary N) is 1. The van der Waals surface area contributed by atoms with Crippen molar-refractivity contribution in [3.8, 4) is 0 Å². The first kappa shape index (κ1) is 14.8. The van der Waals surface area contributed by atoms with Crippen molar-refractivity contribution in [2.24, 2.45) is 5.41 Å². The normalized spacial score (nSPS) is 16.6. The minimum absolute atomic E-state index is 0.192. The third-order valence-electron chi connectivity index (χ3n) is 3.83. The van der Waals surface area contributed by atoms with Crippen LogP contribution in [0.5, 0.6) is 0 Å². The maximum Gasteiger partial charge on any atom is 0.330 e. The van der Waals surface area contributed by atoms with Gasteiger partial charge in [-0.2, -0.15) is 0 Å². The van der Waals surface area contributed by atoms with E-state index in [1.165, 1.54) is 16.5 Å². The molecule has 0 saturated carbocycles. The Bertz CT molecular complexity index is 725. The van der Waals surface area contributed by atoms with E-state index in [1.807, 2.05) is 39.2 Å². The number of hydrogen-bond donors (Lipinski definition) is 1. The zero-order valence-corrected chi connectivity index (χ0v) is 13.2. The molecule has 3 heterocycles. The number of aromatic amines is 1. The SMILES string of the molecule is CC(C)(C)C(=O)ON1CC=C(c2c[nH]c3cnccc23)CC1. The summed E-state index contributed by atoms with van der Waals surface area (Å²) in [4.78, 5) is 24.7. The van der Waals surface area contributed by atoms with E-state index in [9.17, 15) is 4.79 Å². The van der Waals surface area contributed by atoms with Crippen LogP contribution in [0.4, 0.5) is 0 Å². The number of nitrogens with zero attached hydrogens (tertiary/aromatic N) is 2. The third kappa shape index (κ3) is 2.90. The maximum absolute atomic E-state index is 11.9. The van der Waals surface area contributed by atoms with Gasteiger partial charge in [-0.15, -0.1) is 5.06 Å². The second-order valence-electron chi connectivity index (χ2n) is 6.62. The van der Waals surface area contributed by atoms with Gasteiger partial charge in [0.15, 0.2) is 0 Å². The first-order valence-corrected chi connectivity index (χ1v) is 7.53. The molecule has 2 aromatic rings. The summed E-state index contributed by atoms with van der Waals surface area (Å²) in [5, 5.41) is 2.91. The van der Waals surface area contributed by atoms with E-state index in [-0.39, 0.29) is 5.97 Å². The molecule has 0 amide bonds. The topological polar surface area (TPSA) is 58.2 Å². The van der Waals surface area contributed by atoms with E-state index in [2.05, 4.69) is 16.0 Å². The number of hydroxylamine groups is 2. The molecule has 1 N–H and O–H groups in total. The Balaban J connectivity index is 1.73. The fourth-order valence-corrected chi connectivity index (χ4v) is 2.47. The van der Waals surface area contributed by atoms with Gasteiger partial charge in [0.1, 0.15) is 0 Å². The highest BCUT2D eigenvalue weighted by atomic mass is 16.7. The van der Waals surface area contributed by atoms with Gasteiger partial charge in [0.25, 0.3) is 0 Å². The predicted octanol–water partition coefficient (Wildman–Crippen LogP) is 3.16. The summed E-state index contributed by atoms with van der Waals surface area (Å²) >= 11 is 0. The molecule has 0 saturated heterocycles. The molecular formula is C17H21N3O2. The molecule has 0 unspecified atom stereocenters. The van der Waals surface area contributed by atoms with Crippen LogP contribution in [0.1, 0.15) is 32.8 Å². The van der Waals surface area contributed by atoms with Crippen LogP contribution in [0.3, 0.4) is 0 Å². The Labute approximate surface area is 129 Å². The summed E-state index contributed by atoms with van der Waals surface area (Å²) < 4.78 is 0. The Morgan fingerprint density at radius 1 is 1.41 bits per heavy atom. The van der Waals surface area contributed by atoms with Gasteiger partial charge in [-0.25, -0.2) is 4.79 Å². The van der Waals surface area contributed by atoms with E-state index in [4.69, 9.17) is 4.84 Å². The molecule has 0 atom stereocenters. The summed E-state index contributed by atoms with van der Waals surface area (Å²) in [6.07, 6.45) is 8.64. The molecule has 3 rings (SSSR count). The quantitative estimate of drug-likeness (QED) is 0.925. The molecule has 1 aliphatic heterocycles. The van der Waals surface area contributed by atoms with Gasteiger partial charge in [-0.05, 0) is 38.8 Å². The van der Waals surface area contributed by atoms with Gasteiger partial charge >= 0.3 is 5.97 Å². The van der Waals surface area contributed by atoms with Crippen molar-refractivity contribution in [3.05, 3.63) is 36.3 Å². The fourth-order valence-electron chi connectivity index (χ4n) is 2.47. The van der Waals surface area contributed by atoms with Crippen LogP contribution in [0, 0.1) is 5.41 Å².